The van der Waals surface area contributed by atoms with Gasteiger partial charge in [-0.15, -0.1) is 19.8 Å². The average molecular weight is 369 g/mol. The van der Waals surface area contributed by atoms with E-state index in [0.29, 0.717) is 17.7 Å². The molecule has 0 atom stereocenters. The van der Waals surface area contributed by atoms with Crippen molar-refractivity contribution < 1.29 is 26.7 Å². The van der Waals surface area contributed by atoms with E-state index >= 15 is 0 Å². The third kappa shape index (κ3) is 5.98. The third-order valence-electron chi connectivity index (χ3n) is 3.42. The summed E-state index contributed by atoms with van der Waals surface area (Å²) in [6.45, 7) is 3.66. The molecule has 0 bridgehead atoms. The Morgan fingerprint density at radius 1 is 1.04 bits per heavy atom. The normalized spacial score (nSPS) is 11.7. The molecule has 2 nitrogen and oxygen atoms in total. The number of aryl methyl sites for hydroxylation is 1. The number of hydrogen-bond donors (Lipinski definition) is 0. The minimum atomic E-state index is -5.18. The smallest absolute Gasteiger partial charge is 0.399 e. The highest BCUT2D eigenvalue weighted by Crippen LogP contribution is 2.31. The first-order chi connectivity index (χ1) is 12.3. The number of allylic oxidation sites excluding steroid dienone is 1. The van der Waals surface area contributed by atoms with Crippen LogP contribution < -0.4 is 4.74 Å². The third-order valence-corrected chi connectivity index (χ3v) is 3.42. The minimum absolute atomic E-state index is 0.162. The van der Waals surface area contributed by atoms with Gasteiger partial charge < -0.3 is 4.74 Å². The largest absolute Gasteiger partial charge is 0.573 e. The van der Waals surface area contributed by atoms with Crippen LogP contribution >= 0.6 is 0 Å². The van der Waals surface area contributed by atoms with Gasteiger partial charge in [0.05, 0.1) is 5.69 Å². The van der Waals surface area contributed by atoms with Crippen LogP contribution in [0.5, 0.6) is 5.75 Å². The summed E-state index contributed by atoms with van der Waals surface area (Å²) in [6.07, 6.45) is 0.854. The van der Waals surface area contributed by atoms with Gasteiger partial charge in [-0.3, -0.25) is 4.99 Å². The zero-order valence-electron chi connectivity index (χ0n) is 13.7. The van der Waals surface area contributed by atoms with Gasteiger partial charge >= 0.3 is 6.36 Å². The lowest BCUT2D eigenvalue weighted by atomic mass is 10.1. The maximum Gasteiger partial charge on any atom is 0.573 e. The molecule has 0 aliphatic carbocycles. The van der Waals surface area contributed by atoms with Crippen LogP contribution in [0, 0.1) is 11.6 Å². The Balaban J connectivity index is 2.09. The lowest BCUT2D eigenvalue weighted by Gasteiger charge is -2.10. The first-order valence-electron chi connectivity index (χ1n) is 7.77. The summed E-state index contributed by atoms with van der Waals surface area (Å²) in [5.74, 6) is -4.46. The fourth-order valence-corrected chi connectivity index (χ4v) is 2.20. The SMILES string of the molecule is C=CCCCc1ccc(C=Nc2cc(F)c(OC(F)(F)F)c(F)c2)cc1. The summed E-state index contributed by atoms with van der Waals surface area (Å²) in [5.41, 5.74) is 1.66. The van der Waals surface area contributed by atoms with Crippen molar-refractivity contribution in [1.29, 1.82) is 0 Å². The van der Waals surface area contributed by atoms with Crippen LogP contribution in [0.15, 0.2) is 54.0 Å². The first-order valence-corrected chi connectivity index (χ1v) is 7.77. The van der Waals surface area contributed by atoms with E-state index in [-0.39, 0.29) is 5.69 Å². The van der Waals surface area contributed by atoms with Gasteiger partial charge in [-0.05, 0) is 30.4 Å². The quantitative estimate of drug-likeness (QED) is 0.249. The van der Waals surface area contributed by atoms with Crippen LogP contribution in [0.1, 0.15) is 24.0 Å². The lowest BCUT2D eigenvalue weighted by Crippen LogP contribution is -2.18. The van der Waals surface area contributed by atoms with Crippen LogP contribution in [0.25, 0.3) is 0 Å². The number of hydrogen-bond acceptors (Lipinski definition) is 2. The number of aliphatic imine (C=N–C) groups is 1. The first kappa shape index (κ1) is 19.6. The van der Waals surface area contributed by atoms with Crippen LogP contribution in [0.3, 0.4) is 0 Å². The zero-order chi connectivity index (χ0) is 19.2. The molecule has 2 rings (SSSR count). The van der Waals surface area contributed by atoms with Crippen molar-refractivity contribution >= 4 is 11.9 Å². The van der Waals surface area contributed by atoms with E-state index in [0.717, 1.165) is 24.8 Å². The van der Waals surface area contributed by atoms with Crippen molar-refractivity contribution in [2.45, 2.75) is 25.6 Å². The Labute approximate surface area is 147 Å². The molecule has 7 heteroatoms. The van der Waals surface area contributed by atoms with E-state index in [1.807, 2.05) is 18.2 Å². The van der Waals surface area contributed by atoms with Crippen molar-refractivity contribution in [2.75, 3.05) is 0 Å². The van der Waals surface area contributed by atoms with E-state index in [9.17, 15) is 22.0 Å². The van der Waals surface area contributed by atoms with Crippen molar-refractivity contribution in [3.63, 3.8) is 0 Å². The molecule has 0 aliphatic heterocycles. The molecular formula is C19H16F5NO. The summed E-state index contributed by atoms with van der Waals surface area (Å²) in [4.78, 5) is 3.89. The van der Waals surface area contributed by atoms with Gasteiger partial charge in [0, 0.05) is 18.3 Å². The Morgan fingerprint density at radius 3 is 2.19 bits per heavy atom. The number of alkyl halides is 3. The van der Waals surface area contributed by atoms with Crippen molar-refractivity contribution in [1.82, 2.24) is 0 Å². The Bertz CT molecular complexity index is 759. The summed E-state index contributed by atoms with van der Waals surface area (Å²) in [5, 5.41) is 0. The van der Waals surface area contributed by atoms with Crippen LogP contribution in [-0.4, -0.2) is 12.6 Å². The maximum atomic E-state index is 13.6. The molecule has 2 aromatic rings. The number of benzene rings is 2. The molecule has 0 spiro atoms. The van der Waals surface area contributed by atoms with Gasteiger partial charge in [-0.25, -0.2) is 8.78 Å². The second-order valence-electron chi connectivity index (χ2n) is 5.47. The monoisotopic (exact) mass is 369 g/mol. The van der Waals surface area contributed by atoms with Gasteiger partial charge in [0.2, 0.25) is 5.75 Å². The molecule has 0 heterocycles. The molecule has 138 valence electrons. The Hall–Kier alpha value is -2.70. The molecular weight excluding hydrogens is 353 g/mol. The molecule has 0 radical (unpaired) electrons. The molecule has 0 aliphatic rings. The van der Waals surface area contributed by atoms with Crippen LogP contribution in [0.2, 0.25) is 0 Å². The van der Waals surface area contributed by atoms with Crippen LogP contribution in [-0.2, 0) is 6.42 Å². The lowest BCUT2D eigenvalue weighted by molar-refractivity contribution is -0.276. The number of unbranched alkanes of at least 4 members (excludes halogenated alkanes) is 1. The molecule has 0 fully saturated rings. The molecule has 0 saturated heterocycles. The predicted molar refractivity (Wildman–Crippen MR) is 89.9 cm³/mol. The summed E-state index contributed by atoms with van der Waals surface area (Å²) in [7, 11) is 0. The molecule has 0 N–H and O–H groups in total. The standard InChI is InChI=1S/C19H16F5NO/c1-2-3-4-5-13-6-8-14(9-7-13)12-25-15-10-16(20)18(17(21)11-15)26-19(22,23)24/h2,6-12H,1,3-5H2. The molecule has 0 aromatic heterocycles. The highest BCUT2D eigenvalue weighted by molar-refractivity contribution is 5.82. The highest BCUT2D eigenvalue weighted by atomic mass is 19.4. The van der Waals surface area contributed by atoms with E-state index in [1.54, 1.807) is 12.1 Å². The van der Waals surface area contributed by atoms with Crippen molar-refractivity contribution in [2.24, 2.45) is 4.99 Å². The van der Waals surface area contributed by atoms with Gasteiger partial charge in [-0.2, -0.15) is 0 Å². The van der Waals surface area contributed by atoms with E-state index in [4.69, 9.17) is 0 Å². The minimum Gasteiger partial charge on any atom is -0.399 e. The maximum absolute atomic E-state index is 13.6. The Morgan fingerprint density at radius 2 is 1.65 bits per heavy atom. The van der Waals surface area contributed by atoms with Crippen molar-refractivity contribution in [3.8, 4) is 5.75 Å². The van der Waals surface area contributed by atoms with Gasteiger partial charge in [0.1, 0.15) is 0 Å². The van der Waals surface area contributed by atoms with E-state index < -0.39 is 23.7 Å². The predicted octanol–water partition coefficient (Wildman–Crippen LogP) is 6.12. The molecule has 0 unspecified atom stereocenters. The van der Waals surface area contributed by atoms with Gasteiger partial charge in [0.25, 0.3) is 0 Å². The van der Waals surface area contributed by atoms with E-state index in [1.165, 1.54) is 6.21 Å². The molecule has 0 saturated carbocycles. The summed E-state index contributed by atoms with van der Waals surface area (Å²) < 4.78 is 66.9. The second kappa shape index (κ2) is 8.60. The molecule has 0 amide bonds. The van der Waals surface area contributed by atoms with Gasteiger partial charge in [-0.1, -0.05) is 30.3 Å². The average Bonchev–Trinajstić information content (AvgIpc) is 2.57. The summed E-state index contributed by atoms with van der Waals surface area (Å²) >= 11 is 0. The number of ether oxygens (including phenoxy) is 1. The molecule has 2 aromatic carbocycles. The fourth-order valence-electron chi connectivity index (χ4n) is 2.20. The molecule has 26 heavy (non-hydrogen) atoms. The topological polar surface area (TPSA) is 21.6 Å². The zero-order valence-corrected chi connectivity index (χ0v) is 13.7. The number of rotatable bonds is 7. The number of halogens is 5. The highest BCUT2D eigenvalue weighted by Gasteiger charge is 2.34. The second-order valence-corrected chi connectivity index (χ2v) is 5.47. The summed E-state index contributed by atoms with van der Waals surface area (Å²) in [6, 6.07) is 8.74. The van der Waals surface area contributed by atoms with E-state index in [2.05, 4.69) is 16.3 Å². The number of nitrogens with zero attached hydrogens (tertiary/aromatic N) is 1. The fraction of sp³-hybridized carbons (Fsp3) is 0.211. The Kier molecular flexibility index (Phi) is 6.49. The van der Waals surface area contributed by atoms with Crippen LogP contribution in [0.4, 0.5) is 27.6 Å². The van der Waals surface area contributed by atoms with Crippen molar-refractivity contribution in [3.05, 3.63) is 71.8 Å². The van der Waals surface area contributed by atoms with Gasteiger partial charge in [0.15, 0.2) is 11.6 Å².